The molecule has 4 nitrogen and oxygen atoms in total. The average Bonchev–Trinajstić information content (AvgIpc) is 2.66. The summed E-state index contributed by atoms with van der Waals surface area (Å²) in [5.41, 5.74) is 3.52. The molecule has 2 unspecified atom stereocenters. The minimum Gasteiger partial charge on any atom is -0.497 e. The van der Waals surface area contributed by atoms with Crippen LogP contribution in [0.2, 0.25) is 0 Å². The number of carbonyl (C=O) groups is 1. The predicted octanol–water partition coefficient (Wildman–Crippen LogP) is 3.61. The highest BCUT2D eigenvalue weighted by Crippen LogP contribution is 2.15. The van der Waals surface area contributed by atoms with Gasteiger partial charge in [-0.2, -0.15) is 0 Å². The first-order chi connectivity index (χ1) is 12.0. The fraction of sp³-hybridized carbons (Fsp3) is 0.381. The second-order valence-electron chi connectivity index (χ2n) is 6.27. The Hall–Kier alpha value is -2.33. The summed E-state index contributed by atoms with van der Waals surface area (Å²) in [4.78, 5) is 12.3. The fourth-order valence-corrected chi connectivity index (χ4v) is 2.71. The predicted molar refractivity (Wildman–Crippen MR) is 102 cm³/mol. The molecule has 0 aliphatic rings. The molecule has 1 amide bonds. The molecule has 4 heteroatoms. The number of rotatable bonds is 8. The number of hydrogen-bond donors (Lipinski definition) is 2. The SMILES string of the molecule is CCc1ccc(C(C)NC(C)C(=O)NCc2cccc(OC)c2)cc1. The molecular formula is C21H28N2O2. The molecule has 2 atom stereocenters. The first kappa shape index (κ1) is 19.0. The van der Waals surface area contributed by atoms with E-state index in [1.807, 2.05) is 31.2 Å². The lowest BCUT2D eigenvalue weighted by atomic mass is 10.0. The van der Waals surface area contributed by atoms with Gasteiger partial charge in [0.25, 0.3) is 0 Å². The third kappa shape index (κ3) is 5.61. The topological polar surface area (TPSA) is 50.4 Å². The smallest absolute Gasteiger partial charge is 0.237 e. The second kappa shape index (κ2) is 9.23. The lowest BCUT2D eigenvalue weighted by Crippen LogP contribution is -2.42. The van der Waals surface area contributed by atoms with Crippen molar-refractivity contribution in [2.45, 2.75) is 45.8 Å². The maximum atomic E-state index is 12.3. The molecular weight excluding hydrogens is 312 g/mol. The molecule has 0 spiro atoms. The standard InChI is InChI=1S/C21H28N2O2/c1-5-17-9-11-19(12-10-17)15(2)23-16(3)21(24)22-14-18-7-6-8-20(13-18)25-4/h6-13,15-16,23H,5,14H2,1-4H3,(H,22,24). The van der Waals surface area contributed by atoms with Crippen molar-refractivity contribution < 1.29 is 9.53 Å². The van der Waals surface area contributed by atoms with Gasteiger partial charge in [-0.1, -0.05) is 43.3 Å². The van der Waals surface area contributed by atoms with Crippen LogP contribution >= 0.6 is 0 Å². The Balaban J connectivity index is 1.86. The highest BCUT2D eigenvalue weighted by Gasteiger charge is 2.16. The van der Waals surface area contributed by atoms with Crippen LogP contribution in [0.25, 0.3) is 0 Å². The molecule has 0 aromatic heterocycles. The summed E-state index contributed by atoms with van der Waals surface area (Å²) in [5, 5.41) is 6.32. The number of hydrogen-bond acceptors (Lipinski definition) is 3. The van der Waals surface area contributed by atoms with Gasteiger partial charge in [0.15, 0.2) is 0 Å². The van der Waals surface area contributed by atoms with Crippen LogP contribution in [0.3, 0.4) is 0 Å². The zero-order valence-electron chi connectivity index (χ0n) is 15.5. The van der Waals surface area contributed by atoms with Crippen LogP contribution in [0.5, 0.6) is 5.75 Å². The number of nitrogens with one attached hydrogen (secondary N) is 2. The molecule has 0 radical (unpaired) electrons. The molecule has 2 rings (SSSR count). The Bertz CT molecular complexity index is 683. The van der Waals surface area contributed by atoms with E-state index in [9.17, 15) is 4.79 Å². The number of ether oxygens (including phenoxy) is 1. The van der Waals surface area contributed by atoms with E-state index in [1.54, 1.807) is 7.11 Å². The zero-order valence-corrected chi connectivity index (χ0v) is 15.5. The van der Waals surface area contributed by atoms with Crippen LogP contribution in [0.15, 0.2) is 48.5 Å². The maximum Gasteiger partial charge on any atom is 0.237 e. The van der Waals surface area contributed by atoms with Crippen molar-refractivity contribution in [3.05, 3.63) is 65.2 Å². The number of carbonyl (C=O) groups excluding carboxylic acids is 1. The Morgan fingerprint density at radius 1 is 1.08 bits per heavy atom. The van der Waals surface area contributed by atoms with Gasteiger partial charge in [-0.15, -0.1) is 0 Å². The largest absolute Gasteiger partial charge is 0.497 e. The van der Waals surface area contributed by atoms with Crippen molar-refractivity contribution in [1.82, 2.24) is 10.6 Å². The molecule has 0 saturated heterocycles. The lowest BCUT2D eigenvalue weighted by molar-refractivity contribution is -0.123. The average molecular weight is 340 g/mol. The minimum absolute atomic E-state index is 0.0140. The Labute approximate surface area is 150 Å². The summed E-state index contributed by atoms with van der Waals surface area (Å²) < 4.78 is 5.20. The lowest BCUT2D eigenvalue weighted by Gasteiger charge is -2.20. The zero-order chi connectivity index (χ0) is 18.2. The molecule has 2 N–H and O–H groups in total. The quantitative estimate of drug-likeness (QED) is 0.772. The van der Waals surface area contributed by atoms with Gasteiger partial charge in [-0.05, 0) is 49.1 Å². The van der Waals surface area contributed by atoms with E-state index >= 15 is 0 Å². The molecule has 0 saturated carbocycles. The van der Waals surface area contributed by atoms with Crippen LogP contribution in [0.1, 0.15) is 43.5 Å². The van der Waals surface area contributed by atoms with Gasteiger partial charge in [0, 0.05) is 12.6 Å². The third-order valence-corrected chi connectivity index (χ3v) is 4.38. The molecule has 25 heavy (non-hydrogen) atoms. The summed E-state index contributed by atoms with van der Waals surface area (Å²) in [6.07, 6.45) is 1.03. The van der Waals surface area contributed by atoms with Crippen LogP contribution in [-0.4, -0.2) is 19.1 Å². The highest BCUT2D eigenvalue weighted by atomic mass is 16.5. The van der Waals surface area contributed by atoms with E-state index in [0.717, 1.165) is 17.7 Å². The molecule has 0 aliphatic heterocycles. The normalized spacial score (nSPS) is 13.1. The Kier molecular flexibility index (Phi) is 7.02. The van der Waals surface area contributed by atoms with E-state index < -0.39 is 0 Å². The summed E-state index contributed by atoms with van der Waals surface area (Å²) in [5.74, 6) is 0.780. The fourth-order valence-electron chi connectivity index (χ4n) is 2.71. The molecule has 134 valence electrons. The van der Waals surface area contributed by atoms with E-state index in [1.165, 1.54) is 11.1 Å². The molecule has 0 aliphatic carbocycles. The van der Waals surface area contributed by atoms with Gasteiger partial charge in [0.05, 0.1) is 13.2 Å². The van der Waals surface area contributed by atoms with Crippen molar-refractivity contribution in [3.63, 3.8) is 0 Å². The maximum absolute atomic E-state index is 12.3. The van der Waals surface area contributed by atoms with Gasteiger partial charge in [-0.3, -0.25) is 10.1 Å². The molecule has 2 aromatic rings. The summed E-state index contributed by atoms with van der Waals surface area (Å²) in [6, 6.07) is 16.1. The van der Waals surface area contributed by atoms with Crippen LogP contribution in [-0.2, 0) is 17.8 Å². The third-order valence-electron chi connectivity index (χ3n) is 4.38. The molecule has 2 aromatic carbocycles. The van der Waals surface area contributed by atoms with Crippen molar-refractivity contribution in [2.24, 2.45) is 0 Å². The number of benzene rings is 2. The van der Waals surface area contributed by atoms with Crippen LogP contribution in [0.4, 0.5) is 0 Å². The van der Waals surface area contributed by atoms with Crippen LogP contribution in [0, 0.1) is 0 Å². The van der Waals surface area contributed by atoms with Crippen molar-refractivity contribution >= 4 is 5.91 Å². The van der Waals surface area contributed by atoms with E-state index in [4.69, 9.17) is 4.74 Å². The van der Waals surface area contributed by atoms with Crippen LogP contribution < -0.4 is 15.4 Å². The van der Waals surface area contributed by atoms with E-state index in [0.29, 0.717) is 6.54 Å². The van der Waals surface area contributed by atoms with Gasteiger partial charge < -0.3 is 10.1 Å². The highest BCUT2D eigenvalue weighted by molar-refractivity contribution is 5.81. The molecule has 0 fully saturated rings. The molecule has 0 bridgehead atoms. The summed E-state index contributed by atoms with van der Waals surface area (Å²) >= 11 is 0. The second-order valence-corrected chi connectivity index (χ2v) is 6.27. The summed E-state index contributed by atoms with van der Waals surface area (Å²) in [6.45, 7) is 6.59. The van der Waals surface area contributed by atoms with Crippen molar-refractivity contribution in [1.29, 1.82) is 0 Å². The number of aryl methyl sites for hydroxylation is 1. The number of methoxy groups -OCH3 is 1. The first-order valence-corrected chi connectivity index (χ1v) is 8.79. The number of amides is 1. The minimum atomic E-state index is -0.272. The van der Waals surface area contributed by atoms with Gasteiger partial charge in [-0.25, -0.2) is 0 Å². The Morgan fingerprint density at radius 3 is 2.44 bits per heavy atom. The summed E-state index contributed by atoms with van der Waals surface area (Å²) in [7, 11) is 1.64. The van der Waals surface area contributed by atoms with E-state index in [-0.39, 0.29) is 18.0 Å². The van der Waals surface area contributed by atoms with Gasteiger partial charge in [0.1, 0.15) is 5.75 Å². The van der Waals surface area contributed by atoms with Crippen molar-refractivity contribution in [3.8, 4) is 5.75 Å². The monoisotopic (exact) mass is 340 g/mol. The molecule has 0 heterocycles. The van der Waals surface area contributed by atoms with Crippen molar-refractivity contribution in [2.75, 3.05) is 7.11 Å². The van der Waals surface area contributed by atoms with E-state index in [2.05, 4.69) is 48.7 Å². The van der Waals surface area contributed by atoms with Gasteiger partial charge in [0.2, 0.25) is 5.91 Å². The van der Waals surface area contributed by atoms with Gasteiger partial charge >= 0.3 is 0 Å². The first-order valence-electron chi connectivity index (χ1n) is 8.79. The Morgan fingerprint density at radius 2 is 1.80 bits per heavy atom.